The highest BCUT2D eigenvalue weighted by Crippen LogP contribution is 2.20. The number of carbonyl (C=O) groups excluding carboxylic acids is 1. The quantitative estimate of drug-likeness (QED) is 0.773. The molecule has 1 aromatic heterocycles. The minimum Gasteiger partial charge on any atom is -0.464 e. The monoisotopic (exact) mass is 243 g/mol. The number of hydrogen-bond acceptors (Lipinski definition) is 3. The number of esters is 1. The normalized spacial score (nSPS) is 10.6. The van der Waals surface area contributed by atoms with Crippen LogP contribution in [0.25, 0.3) is 10.8 Å². The summed E-state index contributed by atoms with van der Waals surface area (Å²) in [6.07, 6.45) is 4.98. The molecule has 94 valence electrons. The highest BCUT2D eigenvalue weighted by atomic mass is 16.5. The van der Waals surface area contributed by atoms with Crippen molar-refractivity contribution in [1.82, 2.24) is 4.98 Å². The van der Waals surface area contributed by atoms with Crippen LogP contribution in [0.3, 0.4) is 0 Å². The fourth-order valence-corrected chi connectivity index (χ4v) is 2.01. The summed E-state index contributed by atoms with van der Waals surface area (Å²) in [6, 6.07) is 8.10. The van der Waals surface area contributed by atoms with Gasteiger partial charge in [-0.15, -0.1) is 0 Å². The maximum atomic E-state index is 11.7. The van der Waals surface area contributed by atoms with Gasteiger partial charge in [0.2, 0.25) is 0 Å². The van der Waals surface area contributed by atoms with Gasteiger partial charge in [-0.05, 0) is 35.9 Å². The molecule has 0 aliphatic carbocycles. The lowest BCUT2D eigenvalue weighted by Crippen LogP contribution is -2.05. The molecule has 0 N–H and O–H groups in total. The third kappa shape index (κ3) is 2.50. The molecule has 0 atom stereocenters. The van der Waals surface area contributed by atoms with Crippen LogP contribution >= 0.6 is 0 Å². The first kappa shape index (κ1) is 12.6. The molecule has 0 radical (unpaired) electrons. The summed E-state index contributed by atoms with van der Waals surface area (Å²) < 4.78 is 4.76. The number of hydrogen-bond donors (Lipinski definition) is 0. The van der Waals surface area contributed by atoms with Gasteiger partial charge in [0.25, 0.3) is 0 Å². The molecule has 1 heterocycles. The van der Waals surface area contributed by atoms with Crippen molar-refractivity contribution in [2.75, 3.05) is 7.11 Å². The van der Waals surface area contributed by atoms with Gasteiger partial charge < -0.3 is 4.74 Å². The maximum absolute atomic E-state index is 11.7. The second-order valence-corrected chi connectivity index (χ2v) is 4.31. The fourth-order valence-electron chi connectivity index (χ4n) is 2.01. The number of unbranched alkanes of at least 4 members (excludes halogenated alkanes) is 1. The van der Waals surface area contributed by atoms with E-state index >= 15 is 0 Å². The van der Waals surface area contributed by atoms with Crippen molar-refractivity contribution in [3.05, 3.63) is 41.7 Å². The molecule has 3 heteroatoms. The molecule has 3 nitrogen and oxygen atoms in total. The first-order chi connectivity index (χ1) is 8.76. The zero-order chi connectivity index (χ0) is 13.0. The van der Waals surface area contributed by atoms with E-state index in [2.05, 4.69) is 18.0 Å². The highest BCUT2D eigenvalue weighted by molar-refractivity contribution is 6.02. The third-order valence-corrected chi connectivity index (χ3v) is 3.03. The van der Waals surface area contributed by atoms with Crippen molar-refractivity contribution in [2.45, 2.75) is 26.2 Å². The van der Waals surface area contributed by atoms with E-state index in [-0.39, 0.29) is 5.97 Å². The molecule has 0 fully saturated rings. The van der Waals surface area contributed by atoms with E-state index in [1.165, 1.54) is 12.7 Å². The van der Waals surface area contributed by atoms with Gasteiger partial charge in [-0.3, -0.25) is 0 Å². The lowest BCUT2D eigenvalue weighted by molar-refractivity contribution is 0.0596. The van der Waals surface area contributed by atoms with Gasteiger partial charge in [0.05, 0.1) is 7.11 Å². The van der Waals surface area contributed by atoms with E-state index in [0.29, 0.717) is 5.69 Å². The Hall–Kier alpha value is -1.90. The Labute approximate surface area is 107 Å². The fraction of sp³-hybridized carbons (Fsp3) is 0.333. The predicted molar refractivity (Wildman–Crippen MR) is 71.7 cm³/mol. The largest absolute Gasteiger partial charge is 0.464 e. The SMILES string of the molecule is CCCCc1ccc2ccnc(C(=O)OC)c2c1. The summed E-state index contributed by atoms with van der Waals surface area (Å²) in [6.45, 7) is 2.17. The van der Waals surface area contributed by atoms with Crippen LogP contribution in [0.4, 0.5) is 0 Å². The van der Waals surface area contributed by atoms with Crippen molar-refractivity contribution in [3.63, 3.8) is 0 Å². The molecule has 0 spiro atoms. The topological polar surface area (TPSA) is 39.2 Å². The zero-order valence-electron chi connectivity index (χ0n) is 10.8. The second-order valence-electron chi connectivity index (χ2n) is 4.31. The van der Waals surface area contributed by atoms with Crippen LogP contribution in [0, 0.1) is 0 Å². The smallest absolute Gasteiger partial charge is 0.357 e. The summed E-state index contributed by atoms with van der Waals surface area (Å²) in [5.41, 5.74) is 1.64. The number of aromatic nitrogens is 1. The van der Waals surface area contributed by atoms with Crippen LogP contribution in [-0.4, -0.2) is 18.1 Å². The summed E-state index contributed by atoms with van der Waals surface area (Å²) in [7, 11) is 1.38. The summed E-state index contributed by atoms with van der Waals surface area (Å²) in [4.78, 5) is 15.8. The minimum absolute atomic E-state index is 0.381. The molecular weight excluding hydrogens is 226 g/mol. The van der Waals surface area contributed by atoms with Gasteiger partial charge in [-0.25, -0.2) is 9.78 Å². The Morgan fingerprint density at radius 3 is 2.89 bits per heavy atom. The number of carbonyl (C=O) groups is 1. The molecule has 2 aromatic rings. The molecule has 0 bridgehead atoms. The van der Waals surface area contributed by atoms with Gasteiger partial charge in [0, 0.05) is 11.6 Å². The van der Waals surface area contributed by atoms with Crippen molar-refractivity contribution in [1.29, 1.82) is 0 Å². The number of methoxy groups -OCH3 is 1. The average molecular weight is 243 g/mol. The number of fused-ring (bicyclic) bond motifs is 1. The highest BCUT2D eigenvalue weighted by Gasteiger charge is 2.11. The Bertz CT molecular complexity index is 563. The molecule has 2 rings (SSSR count). The third-order valence-electron chi connectivity index (χ3n) is 3.03. The van der Waals surface area contributed by atoms with E-state index in [1.807, 2.05) is 18.2 Å². The van der Waals surface area contributed by atoms with Crippen molar-refractivity contribution < 1.29 is 9.53 Å². The van der Waals surface area contributed by atoms with Gasteiger partial charge in [0.1, 0.15) is 0 Å². The Morgan fingerprint density at radius 2 is 2.17 bits per heavy atom. The van der Waals surface area contributed by atoms with Crippen LogP contribution in [0.15, 0.2) is 30.5 Å². The first-order valence-electron chi connectivity index (χ1n) is 6.22. The number of pyridine rings is 1. The molecule has 0 aliphatic rings. The van der Waals surface area contributed by atoms with Crippen LogP contribution < -0.4 is 0 Å². The number of benzene rings is 1. The second kappa shape index (κ2) is 5.63. The predicted octanol–water partition coefficient (Wildman–Crippen LogP) is 3.36. The van der Waals surface area contributed by atoms with Gasteiger partial charge in [-0.1, -0.05) is 25.5 Å². The first-order valence-corrected chi connectivity index (χ1v) is 6.22. The standard InChI is InChI=1S/C15H17NO2/c1-3-4-5-11-6-7-12-8-9-16-14(13(12)10-11)15(17)18-2/h6-10H,3-5H2,1-2H3. The van der Waals surface area contributed by atoms with E-state index in [4.69, 9.17) is 4.74 Å². The van der Waals surface area contributed by atoms with Gasteiger partial charge in [-0.2, -0.15) is 0 Å². The van der Waals surface area contributed by atoms with Crippen molar-refractivity contribution in [2.24, 2.45) is 0 Å². The average Bonchev–Trinajstić information content (AvgIpc) is 2.43. The molecular formula is C15H17NO2. The van der Waals surface area contributed by atoms with Crippen molar-refractivity contribution in [3.8, 4) is 0 Å². The Balaban J connectivity index is 2.48. The van der Waals surface area contributed by atoms with E-state index in [1.54, 1.807) is 6.20 Å². The van der Waals surface area contributed by atoms with Crippen LogP contribution in [0.2, 0.25) is 0 Å². The Kier molecular flexibility index (Phi) is 3.92. The molecule has 0 saturated carbocycles. The molecule has 0 amide bonds. The van der Waals surface area contributed by atoms with Crippen molar-refractivity contribution >= 4 is 16.7 Å². The summed E-state index contributed by atoms with van der Waals surface area (Å²) in [5.74, 6) is -0.381. The summed E-state index contributed by atoms with van der Waals surface area (Å²) in [5, 5.41) is 1.89. The minimum atomic E-state index is -0.381. The van der Waals surface area contributed by atoms with Gasteiger partial charge >= 0.3 is 5.97 Å². The van der Waals surface area contributed by atoms with Crippen LogP contribution in [0.1, 0.15) is 35.8 Å². The number of ether oxygens (including phenoxy) is 1. The van der Waals surface area contributed by atoms with E-state index in [9.17, 15) is 4.79 Å². The van der Waals surface area contributed by atoms with Gasteiger partial charge in [0.15, 0.2) is 5.69 Å². The Morgan fingerprint density at radius 1 is 1.33 bits per heavy atom. The number of rotatable bonds is 4. The number of aryl methyl sites for hydroxylation is 1. The molecule has 0 saturated heterocycles. The lowest BCUT2D eigenvalue weighted by Gasteiger charge is -2.06. The lowest BCUT2D eigenvalue weighted by atomic mass is 10.0. The zero-order valence-corrected chi connectivity index (χ0v) is 10.8. The maximum Gasteiger partial charge on any atom is 0.357 e. The van der Waals surface area contributed by atoms with Crippen LogP contribution in [-0.2, 0) is 11.2 Å². The van der Waals surface area contributed by atoms with E-state index < -0.39 is 0 Å². The summed E-state index contributed by atoms with van der Waals surface area (Å²) >= 11 is 0. The molecule has 18 heavy (non-hydrogen) atoms. The molecule has 0 aliphatic heterocycles. The molecule has 1 aromatic carbocycles. The van der Waals surface area contributed by atoms with Crippen LogP contribution in [0.5, 0.6) is 0 Å². The van der Waals surface area contributed by atoms with E-state index in [0.717, 1.165) is 30.0 Å². The molecule has 0 unspecified atom stereocenters. The number of nitrogens with zero attached hydrogens (tertiary/aromatic N) is 1.